The molecule has 1 aliphatic rings. The molecule has 0 saturated carbocycles. The quantitative estimate of drug-likeness (QED) is 0.748. The van der Waals surface area contributed by atoms with Gasteiger partial charge >= 0.3 is 12.1 Å². The molecule has 0 radical (unpaired) electrons. The Morgan fingerprint density at radius 3 is 2.23 bits per heavy atom. The van der Waals surface area contributed by atoms with Gasteiger partial charge in [-0.25, -0.2) is 0 Å². The fourth-order valence-electron chi connectivity index (χ4n) is 0.992. The molecule has 0 aliphatic carbocycles. The average Bonchev–Trinajstić information content (AvgIpc) is 2.03. The normalized spacial score (nSPS) is 30.1. The molecule has 1 rings (SSSR count). The van der Waals surface area contributed by atoms with Crippen LogP contribution in [0.2, 0.25) is 0 Å². The molecular weight excluding hydrogens is 225 g/mol. The molecule has 0 aromatic carbocycles. The van der Waals surface area contributed by atoms with Gasteiger partial charge in [0, 0.05) is 11.5 Å². The van der Waals surface area contributed by atoms with Gasteiger partial charge in [0.25, 0.3) is 0 Å². The maximum atomic E-state index is 12.3. The second-order valence-corrected chi connectivity index (χ2v) is 4.96. The number of halogens is 3. The summed E-state index contributed by atoms with van der Waals surface area (Å²) in [5.74, 6) is -0.549. The van der Waals surface area contributed by atoms with Crippen LogP contribution in [0.15, 0.2) is 0 Å². The predicted molar refractivity (Wildman–Crippen MR) is 46.2 cm³/mol. The first kappa shape index (κ1) is 11.0. The largest absolute Gasteiger partial charge is 0.480 e. The van der Waals surface area contributed by atoms with Crippen LogP contribution in [0.25, 0.3) is 0 Å². The van der Waals surface area contributed by atoms with Crippen molar-refractivity contribution in [2.24, 2.45) is 0 Å². The smallest absolute Gasteiger partial charge is 0.402 e. The Kier molecular flexibility index (Phi) is 3.39. The molecule has 1 fully saturated rings. The van der Waals surface area contributed by atoms with Crippen molar-refractivity contribution in [1.82, 2.24) is 0 Å². The second-order valence-electron chi connectivity index (χ2n) is 2.46. The Hall–Kier alpha value is -0.0400. The Morgan fingerprint density at radius 2 is 1.85 bits per heavy atom. The van der Waals surface area contributed by atoms with E-state index in [1.54, 1.807) is 0 Å². The topological polar surface area (TPSA) is 37.3 Å². The van der Waals surface area contributed by atoms with Crippen molar-refractivity contribution in [3.05, 3.63) is 0 Å². The van der Waals surface area contributed by atoms with Crippen LogP contribution < -0.4 is 0 Å². The maximum absolute atomic E-state index is 12.3. The predicted octanol–water partition coefficient (Wildman–Crippen LogP) is 1.85. The molecule has 2 atom stereocenters. The van der Waals surface area contributed by atoms with Crippen LogP contribution in [0.5, 0.6) is 0 Å². The third-order valence-corrected chi connectivity index (χ3v) is 4.56. The number of hydrogen-bond donors (Lipinski definition) is 1. The minimum absolute atomic E-state index is 0.360. The minimum atomic E-state index is -4.42. The second kappa shape index (κ2) is 4.00. The van der Waals surface area contributed by atoms with E-state index < -0.39 is 22.6 Å². The highest BCUT2D eigenvalue weighted by Crippen LogP contribution is 2.41. The summed E-state index contributed by atoms with van der Waals surface area (Å²) in [6.45, 7) is 0. The summed E-state index contributed by atoms with van der Waals surface area (Å²) < 4.78 is 36.8. The zero-order chi connectivity index (χ0) is 10.1. The van der Waals surface area contributed by atoms with Crippen molar-refractivity contribution in [2.45, 2.75) is 16.7 Å². The van der Waals surface area contributed by atoms with Gasteiger partial charge in [-0.05, 0) is 0 Å². The summed E-state index contributed by atoms with van der Waals surface area (Å²) in [5, 5.41) is 5.43. The highest BCUT2D eigenvalue weighted by molar-refractivity contribution is 8.07. The molecule has 2 nitrogen and oxygen atoms in total. The lowest BCUT2D eigenvalue weighted by Crippen LogP contribution is -2.42. The van der Waals surface area contributed by atoms with Crippen molar-refractivity contribution < 1.29 is 23.1 Å². The van der Waals surface area contributed by atoms with Crippen LogP contribution in [0.4, 0.5) is 13.2 Å². The number of thioether (sulfide) groups is 2. The van der Waals surface area contributed by atoms with Crippen molar-refractivity contribution in [3.8, 4) is 0 Å². The number of alkyl halides is 3. The van der Waals surface area contributed by atoms with Crippen LogP contribution in [-0.2, 0) is 4.79 Å². The zero-order valence-electron chi connectivity index (χ0n) is 6.37. The molecule has 0 bridgehead atoms. The molecule has 1 N–H and O–H groups in total. The van der Waals surface area contributed by atoms with Crippen LogP contribution in [-0.4, -0.2) is 39.3 Å². The monoisotopic (exact) mass is 232 g/mol. The van der Waals surface area contributed by atoms with Crippen LogP contribution in [0, 0.1) is 0 Å². The first-order valence-electron chi connectivity index (χ1n) is 3.45. The molecule has 0 spiro atoms. The van der Waals surface area contributed by atoms with Gasteiger partial charge in [-0.1, -0.05) is 0 Å². The Morgan fingerprint density at radius 1 is 1.31 bits per heavy atom. The van der Waals surface area contributed by atoms with E-state index in [0.29, 0.717) is 23.3 Å². The van der Waals surface area contributed by atoms with E-state index in [4.69, 9.17) is 5.11 Å². The van der Waals surface area contributed by atoms with Crippen LogP contribution >= 0.6 is 23.5 Å². The summed E-state index contributed by atoms with van der Waals surface area (Å²) >= 11 is 1.55. The number of aliphatic carboxylic acids is 1. The van der Waals surface area contributed by atoms with Gasteiger partial charge in [0.15, 0.2) is 0 Å². The Balaban J connectivity index is 2.73. The molecule has 7 heteroatoms. The first-order valence-corrected chi connectivity index (χ1v) is 5.55. The third kappa shape index (κ3) is 2.70. The van der Waals surface area contributed by atoms with Gasteiger partial charge in [0.2, 0.25) is 0 Å². The van der Waals surface area contributed by atoms with E-state index in [1.165, 1.54) is 0 Å². The lowest BCUT2D eigenvalue weighted by atomic mass is 10.3. The number of carboxylic acids is 1. The molecule has 13 heavy (non-hydrogen) atoms. The van der Waals surface area contributed by atoms with Crippen molar-refractivity contribution >= 4 is 29.5 Å². The number of rotatable bonds is 1. The van der Waals surface area contributed by atoms with Crippen molar-refractivity contribution in [3.63, 3.8) is 0 Å². The van der Waals surface area contributed by atoms with E-state index in [2.05, 4.69) is 0 Å². The molecule has 0 aromatic heterocycles. The van der Waals surface area contributed by atoms with Gasteiger partial charge in [-0.2, -0.15) is 13.2 Å². The maximum Gasteiger partial charge on any atom is 0.402 e. The Labute approximate surface area is 81.3 Å². The number of hydrogen-bond acceptors (Lipinski definition) is 3. The van der Waals surface area contributed by atoms with E-state index in [0.717, 1.165) is 11.8 Å². The highest BCUT2D eigenvalue weighted by Gasteiger charge is 2.49. The van der Waals surface area contributed by atoms with E-state index >= 15 is 0 Å². The highest BCUT2D eigenvalue weighted by atomic mass is 32.2. The van der Waals surface area contributed by atoms with Gasteiger partial charge in [-0.3, -0.25) is 4.79 Å². The fourth-order valence-corrected chi connectivity index (χ4v) is 3.69. The minimum Gasteiger partial charge on any atom is -0.480 e. The molecule has 0 aromatic rings. The molecule has 0 amide bonds. The first-order chi connectivity index (χ1) is 5.93. The summed E-state index contributed by atoms with van der Waals surface area (Å²) in [4.78, 5) is 10.5. The van der Waals surface area contributed by atoms with Crippen LogP contribution in [0.1, 0.15) is 0 Å². The molecule has 1 saturated heterocycles. The van der Waals surface area contributed by atoms with Crippen LogP contribution in [0.3, 0.4) is 0 Å². The number of carboxylic acid groups (broad SMARTS) is 1. The van der Waals surface area contributed by atoms with Gasteiger partial charge in [0.05, 0.1) is 0 Å². The number of carbonyl (C=O) groups is 1. The lowest BCUT2D eigenvalue weighted by Gasteiger charge is -2.28. The summed E-state index contributed by atoms with van der Waals surface area (Å²) in [6, 6.07) is 0. The molecule has 76 valence electrons. The van der Waals surface area contributed by atoms with Crippen molar-refractivity contribution in [1.29, 1.82) is 0 Å². The fraction of sp³-hybridized carbons (Fsp3) is 0.833. The molecule has 1 aliphatic heterocycles. The van der Waals surface area contributed by atoms with Gasteiger partial charge < -0.3 is 5.11 Å². The van der Waals surface area contributed by atoms with Gasteiger partial charge in [-0.15, -0.1) is 23.5 Å². The van der Waals surface area contributed by atoms with E-state index in [-0.39, 0.29) is 0 Å². The average molecular weight is 232 g/mol. The summed E-state index contributed by atoms with van der Waals surface area (Å²) in [7, 11) is 0. The van der Waals surface area contributed by atoms with E-state index in [1.807, 2.05) is 0 Å². The summed E-state index contributed by atoms with van der Waals surface area (Å²) in [5.41, 5.74) is 0. The molecular formula is C6H7F3O2S2. The standard InChI is InChI=1S/C6H7F3O2S2/c7-6(8,9)4-3(5(10)11)12-1-2-13-4/h3-4H,1-2H2,(H,10,11). The Bertz CT molecular complexity index is 207. The van der Waals surface area contributed by atoms with E-state index in [9.17, 15) is 18.0 Å². The van der Waals surface area contributed by atoms with Crippen molar-refractivity contribution in [2.75, 3.05) is 11.5 Å². The molecule has 2 unspecified atom stereocenters. The SMILES string of the molecule is O=C(O)C1SCCSC1C(F)(F)F. The van der Waals surface area contributed by atoms with Gasteiger partial charge in [0.1, 0.15) is 10.5 Å². The zero-order valence-corrected chi connectivity index (χ0v) is 8.01. The summed E-state index contributed by atoms with van der Waals surface area (Å²) in [6.07, 6.45) is -4.42. The third-order valence-electron chi connectivity index (χ3n) is 1.52. The molecule has 1 heterocycles. The lowest BCUT2D eigenvalue weighted by molar-refractivity contribution is -0.148.